The Kier molecular flexibility index (Phi) is 5.12. The fourth-order valence-corrected chi connectivity index (χ4v) is 2.56. The van der Waals surface area contributed by atoms with Crippen molar-refractivity contribution in [2.75, 3.05) is 6.54 Å². The lowest BCUT2D eigenvalue weighted by molar-refractivity contribution is -0.139. The van der Waals surface area contributed by atoms with Crippen molar-refractivity contribution in [1.29, 1.82) is 0 Å². The molecule has 0 amide bonds. The van der Waals surface area contributed by atoms with Crippen molar-refractivity contribution in [3.05, 3.63) is 71.3 Å². The summed E-state index contributed by atoms with van der Waals surface area (Å²) in [5, 5.41) is 13.0. The lowest BCUT2D eigenvalue weighted by atomic mass is 9.86. The molecule has 0 radical (unpaired) electrons. The van der Waals surface area contributed by atoms with Gasteiger partial charge in [0, 0.05) is 6.04 Å². The molecule has 0 aromatic heterocycles. The number of carboxylic acid groups (broad SMARTS) is 1. The maximum absolute atomic E-state index is 11.8. The van der Waals surface area contributed by atoms with Crippen LogP contribution in [0.25, 0.3) is 0 Å². The van der Waals surface area contributed by atoms with Gasteiger partial charge in [0.1, 0.15) is 5.92 Å². The highest BCUT2D eigenvalue weighted by Crippen LogP contribution is 2.31. The van der Waals surface area contributed by atoms with Crippen LogP contribution in [-0.2, 0) is 4.79 Å². The topological polar surface area (TPSA) is 49.3 Å². The molecular weight excluding hydrogens is 262 g/mol. The van der Waals surface area contributed by atoms with Crippen molar-refractivity contribution in [3.8, 4) is 0 Å². The van der Waals surface area contributed by atoms with E-state index in [4.69, 9.17) is 0 Å². The molecule has 21 heavy (non-hydrogen) atoms. The van der Waals surface area contributed by atoms with Crippen molar-refractivity contribution in [3.63, 3.8) is 0 Å². The van der Waals surface area contributed by atoms with Crippen LogP contribution in [0.15, 0.2) is 54.6 Å². The summed E-state index contributed by atoms with van der Waals surface area (Å²) < 4.78 is 0. The summed E-state index contributed by atoms with van der Waals surface area (Å²) in [6.45, 7) is 4.73. The third-order valence-electron chi connectivity index (χ3n) is 3.62. The quantitative estimate of drug-likeness (QED) is 0.853. The summed E-state index contributed by atoms with van der Waals surface area (Å²) in [4.78, 5) is 11.8. The Morgan fingerprint density at radius 3 is 2.19 bits per heavy atom. The van der Waals surface area contributed by atoms with Crippen LogP contribution in [0.5, 0.6) is 0 Å². The van der Waals surface area contributed by atoms with Crippen LogP contribution in [0, 0.1) is 6.92 Å². The first-order chi connectivity index (χ1) is 10.1. The molecule has 0 aliphatic rings. The molecule has 0 saturated carbocycles. The molecular formula is C18H21NO2. The van der Waals surface area contributed by atoms with Crippen molar-refractivity contribution in [2.24, 2.45) is 0 Å². The number of likely N-dealkylation sites (N-methyl/N-ethyl adjacent to an activating group) is 1. The minimum Gasteiger partial charge on any atom is -0.481 e. The van der Waals surface area contributed by atoms with Crippen LogP contribution in [-0.4, -0.2) is 17.6 Å². The van der Waals surface area contributed by atoms with E-state index in [9.17, 15) is 9.90 Å². The van der Waals surface area contributed by atoms with Gasteiger partial charge in [-0.2, -0.15) is 0 Å². The summed E-state index contributed by atoms with van der Waals surface area (Å²) >= 11 is 0. The number of benzene rings is 2. The fourth-order valence-electron chi connectivity index (χ4n) is 2.56. The number of hydrogen-bond donors (Lipinski definition) is 2. The molecule has 2 aromatic carbocycles. The first-order valence-corrected chi connectivity index (χ1v) is 7.21. The Morgan fingerprint density at radius 1 is 1.05 bits per heavy atom. The van der Waals surface area contributed by atoms with Gasteiger partial charge in [-0.3, -0.25) is 4.79 Å². The van der Waals surface area contributed by atoms with Crippen LogP contribution in [0.2, 0.25) is 0 Å². The van der Waals surface area contributed by atoms with Gasteiger partial charge in [0.25, 0.3) is 0 Å². The highest BCUT2D eigenvalue weighted by atomic mass is 16.4. The van der Waals surface area contributed by atoms with Gasteiger partial charge in [-0.25, -0.2) is 0 Å². The molecule has 3 heteroatoms. The largest absolute Gasteiger partial charge is 0.481 e. The number of hydrogen-bond acceptors (Lipinski definition) is 2. The van der Waals surface area contributed by atoms with Crippen molar-refractivity contribution >= 4 is 5.97 Å². The van der Waals surface area contributed by atoms with Crippen LogP contribution in [0.3, 0.4) is 0 Å². The molecule has 2 rings (SSSR count). The zero-order valence-corrected chi connectivity index (χ0v) is 12.4. The molecule has 0 aliphatic carbocycles. The van der Waals surface area contributed by atoms with Gasteiger partial charge >= 0.3 is 5.97 Å². The molecule has 0 spiro atoms. The molecule has 3 nitrogen and oxygen atoms in total. The number of aryl methyl sites for hydroxylation is 1. The van der Waals surface area contributed by atoms with Gasteiger partial charge in [-0.15, -0.1) is 0 Å². The van der Waals surface area contributed by atoms with E-state index >= 15 is 0 Å². The van der Waals surface area contributed by atoms with E-state index in [1.54, 1.807) is 0 Å². The first kappa shape index (κ1) is 15.3. The van der Waals surface area contributed by atoms with E-state index in [-0.39, 0.29) is 6.04 Å². The normalized spacial score (nSPS) is 13.6. The Bertz CT molecular complexity index is 578. The SMILES string of the molecule is CCNC(c1ccc(C)cc1)C(C(=O)O)c1ccccc1. The van der Waals surface area contributed by atoms with Gasteiger partial charge in [0.2, 0.25) is 0 Å². The molecule has 0 saturated heterocycles. The smallest absolute Gasteiger partial charge is 0.312 e. The lowest BCUT2D eigenvalue weighted by Gasteiger charge is -2.25. The van der Waals surface area contributed by atoms with Crippen molar-refractivity contribution in [1.82, 2.24) is 5.32 Å². The molecule has 2 atom stereocenters. The minimum absolute atomic E-state index is 0.240. The molecule has 2 unspecified atom stereocenters. The fraction of sp³-hybridized carbons (Fsp3) is 0.278. The summed E-state index contributed by atoms with van der Waals surface area (Å²) in [5.41, 5.74) is 2.98. The Labute approximate surface area is 125 Å². The molecule has 0 bridgehead atoms. The maximum atomic E-state index is 11.8. The average Bonchev–Trinajstić information content (AvgIpc) is 2.48. The summed E-state index contributed by atoms with van der Waals surface area (Å²) in [5.74, 6) is -1.42. The molecule has 2 aromatic rings. The monoisotopic (exact) mass is 283 g/mol. The summed E-state index contributed by atoms with van der Waals surface area (Å²) in [7, 11) is 0. The number of rotatable bonds is 6. The van der Waals surface area contributed by atoms with E-state index in [1.165, 1.54) is 5.56 Å². The van der Waals surface area contributed by atoms with Crippen LogP contribution in [0.1, 0.15) is 35.6 Å². The Morgan fingerprint density at radius 2 is 1.67 bits per heavy atom. The maximum Gasteiger partial charge on any atom is 0.312 e. The third-order valence-corrected chi connectivity index (χ3v) is 3.62. The van der Waals surface area contributed by atoms with E-state index in [1.807, 2.05) is 68.4 Å². The third kappa shape index (κ3) is 3.70. The summed E-state index contributed by atoms with van der Waals surface area (Å²) in [6, 6.07) is 17.2. The molecule has 0 aliphatic heterocycles. The van der Waals surface area contributed by atoms with Crippen LogP contribution < -0.4 is 5.32 Å². The highest BCUT2D eigenvalue weighted by molar-refractivity contribution is 5.77. The summed E-state index contributed by atoms with van der Waals surface area (Å²) in [6.07, 6.45) is 0. The van der Waals surface area contributed by atoms with Gasteiger partial charge in [0.05, 0.1) is 0 Å². The second kappa shape index (κ2) is 7.04. The second-order valence-corrected chi connectivity index (χ2v) is 5.17. The average molecular weight is 283 g/mol. The van der Waals surface area contributed by atoms with E-state index in [0.717, 1.165) is 17.7 Å². The van der Waals surface area contributed by atoms with Crippen LogP contribution in [0.4, 0.5) is 0 Å². The minimum atomic E-state index is -0.812. The number of carbonyl (C=O) groups is 1. The molecule has 0 heterocycles. The van der Waals surface area contributed by atoms with Crippen molar-refractivity contribution in [2.45, 2.75) is 25.8 Å². The number of carboxylic acids is 1. The predicted molar refractivity (Wildman–Crippen MR) is 84.4 cm³/mol. The first-order valence-electron chi connectivity index (χ1n) is 7.21. The Balaban J connectivity index is 2.42. The van der Waals surface area contributed by atoms with Gasteiger partial charge in [-0.05, 0) is 24.6 Å². The zero-order valence-electron chi connectivity index (χ0n) is 12.4. The van der Waals surface area contributed by atoms with Gasteiger partial charge in [0.15, 0.2) is 0 Å². The number of nitrogens with one attached hydrogen (secondary N) is 1. The standard InChI is InChI=1S/C18H21NO2/c1-3-19-17(15-11-9-13(2)10-12-15)16(18(20)21)14-7-5-4-6-8-14/h4-12,16-17,19H,3H2,1-2H3,(H,20,21). The second-order valence-electron chi connectivity index (χ2n) is 5.17. The molecule has 0 fully saturated rings. The molecule has 110 valence electrons. The van der Waals surface area contributed by atoms with Crippen molar-refractivity contribution < 1.29 is 9.90 Å². The van der Waals surface area contributed by atoms with E-state index in [0.29, 0.717) is 0 Å². The van der Waals surface area contributed by atoms with E-state index in [2.05, 4.69) is 5.32 Å². The Hall–Kier alpha value is -2.13. The van der Waals surface area contributed by atoms with Gasteiger partial charge < -0.3 is 10.4 Å². The molecule has 2 N–H and O–H groups in total. The zero-order chi connectivity index (χ0) is 15.2. The van der Waals surface area contributed by atoms with Gasteiger partial charge in [-0.1, -0.05) is 67.1 Å². The highest BCUT2D eigenvalue weighted by Gasteiger charge is 2.30. The predicted octanol–water partition coefficient (Wildman–Crippen LogP) is 3.51. The van der Waals surface area contributed by atoms with Crippen LogP contribution >= 0.6 is 0 Å². The lowest BCUT2D eigenvalue weighted by Crippen LogP contribution is -2.31. The number of aliphatic carboxylic acids is 1. The van der Waals surface area contributed by atoms with E-state index < -0.39 is 11.9 Å².